The summed E-state index contributed by atoms with van der Waals surface area (Å²) in [7, 11) is 0. The topological polar surface area (TPSA) is 8.81 Å². The van der Waals surface area contributed by atoms with Gasteiger partial charge in [0.2, 0.25) is 0 Å². The first-order valence-electron chi connectivity index (χ1n) is 17.3. The lowest BCUT2D eigenvalue weighted by Crippen LogP contribution is -2.37. The van der Waals surface area contributed by atoms with Crippen LogP contribution in [0, 0.1) is 0 Å². The Labute approximate surface area is 253 Å². The number of hydrogen-bond donors (Lipinski definition) is 0. The first-order chi connectivity index (χ1) is 20.1. The lowest BCUT2D eigenvalue weighted by molar-refractivity contribution is -0.704. The highest BCUT2D eigenvalue weighted by Gasteiger charge is 2.26. The van der Waals surface area contributed by atoms with E-state index in [-0.39, 0.29) is 0 Å². The van der Waals surface area contributed by atoms with Gasteiger partial charge in [0.05, 0.1) is 19.0 Å². The van der Waals surface area contributed by atoms with E-state index < -0.39 is 0 Å². The Morgan fingerprint density at radius 1 is 0.610 bits per heavy atom. The predicted molar refractivity (Wildman–Crippen MR) is 178 cm³/mol. The molecular weight excluding hydrogens is 496 g/mol. The molecule has 3 aromatic rings. The second-order valence-electron chi connectivity index (χ2n) is 12.8. The molecule has 0 amide bonds. The average Bonchev–Trinajstić information content (AvgIpc) is 3.32. The summed E-state index contributed by atoms with van der Waals surface area (Å²) in [6, 6.07) is 22.5. The molecule has 0 aliphatic carbocycles. The maximum atomic E-state index is 2.64. The number of imidazole rings is 1. The Morgan fingerprint density at radius 3 is 1.61 bits per heavy atom. The molecule has 1 aromatic heterocycles. The number of benzene rings is 2. The molecular formula is C39H61N2+. The Kier molecular flexibility index (Phi) is 15.9. The molecule has 0 bridgehead atoms. The van der Waals surface area contributed by atoms with Crippen molar-refractivity contribution in [1.29, 1.82) is 0 Å². The Hall–Kier alpha value is -2.35. The van der Waals surface area contributed by atoms with Crippen molar-refractivity contribution < 1.29 is 4.57 Å². The van der Waals surface area contributed by atoms with Gasteiger partial charge in [0.25, 0.3) is 5.82 Å². The number of rotatable bonds is 22. The summed E-state index contributed by atoms with van der Waals surface area (Å²) < 4.78 is 5.24. The van der Waals surface area contributed by atoms with Crippen LogP contribution in [0.1, 0.15) is 159 Å². The molecule has 0 saturated heterocycles. The first-order valence-corrected chi connectivity index (χ1v) is 17.3. The van der Waals surface area contributed by atoms with Gasteiger partial charge in [-0.3, -0.25) is 0 Å². The van der Waals surface area contributed by atoms with Crippen molar-refractivity contribution in [2.24, 2.45) is 0 Å². The van der Waals surface area contributed by atoms with Crippen molar-refractivity contribution in [3.8, 4) is 0 Å². The van der Waals surface area contributed by atoms with Crippen molar-refractivity contribution in [3.63, 3.8) is 0 Å². The summed E-state index contributed by atoms with van der Waals surface area (Å²) in [5.74, 6) is 1.97. The van der Waals surface area contributed by atoms with Crippen LogP contribution in [0.4, 0.5) is 0 Å². The van der Waals surface area contributed by atoms with Crippen LogP contribution in [0.15, 0.2) is 66.9 Å². The maximum absolute atomic E-state index is 2.64. The molecule has 0 aliphatic rings. The number of aryl methyl sites for hydroxylation is 1. The number of nitrogens with zero attached hydrogens (tertiary/aromatic N) is 2. The van der Waals surface area contributed by atoms with Gasteiger partial charge < -0.3 is 0 Å². The van der Waals surface area contributed by atoms with Crippen LogP contribution in [-0.4, -0.2) is 4.57 Å². The summed E-state index contributed by atoms with van der Waals surface area (Å²) in [5, 5.41) is 0. The summed E-state index contributed by atoms with van der Waals surface area (Å²) in [5.41, 5.74) is 4.31. The van der Waals surface area contributed by atoms with Crippen LogP contribution in [0.5, 0.6) is 0 Å². The second kappa shape index (κ2) is 19.7. The van der Waals surface area contributed by atoms with Crippen molar-refractivity contribution in [3.05, 3.63) is 89.5 Å². The molecule has 0 fully saturated rings. The summed E-state index contributed by atoms with van der Waals surface area (Å²) in [6.07, 6.45) is 25.8. The molecule has 41 heavy (non-hydrogen) atoms. The number of hydrogen-bond acceptors (Lipinski definition) is 0. The molecule has 1 unspecified atom stereocenters. The highest BCUT2D eigenvalue weighted by atomic mass is 15.2. The highest BCUT2D eigenvalue weighted by Crippen LogP contribution is 2.24. The van der Waals surface area contributed by atoms with Crippen LogP contribution in [0.2, 0.25) is 0 Å². The molecule has 2 aromatic carbocycles. The van der Waals surface area contributed by atoms with Gasteiger partial charge in [0.15, 0.2) is 0 Å². The largest absolute Gasteiger partial charge is 0.261 e. The van der Waals surface area contributed by atoms with Crippen molar-refractivity contribution in [2.75, 3.05) is 0 Å². The van der Waals surface area contributed by atoms with Crippen molar-refractivity contribution >= 4 is 0 Å². The van der Waals surface area contributed by atoms with E-state index in [4.69, 9.17) is 0 Å². The Morgan fingerprint density at radius 2 is 1.10 bits per heavy atom. The fraction of sp³-hybridized carbons (Fsp3) is 0.615. The van der Waals surface area contributed by atoms with Crippen LogP contribution in [-0.2, 0) is 19.4 Å². The van der Waals surface area contributed by atoms with Gasteiger partial charge in [-0.05, 0) is 43.7 Å². The fourth-order valence-corrected chi connectivity index (χ4v) is 6.43. The Balaban J connectivity index is 1.47. The minimum atomic E-state index is 0.453. The normalized spacial score (nSPS) is 12.3. The third kappa shape index (κ3) is 12.2. The van der Waals surface area contributed by atoms with Gasteiger partial charge in [-0.2, -0.15) is 0 Å². The van der Waals surface area contributed by atoms with Gasteiger partial charge in [0, 0.05) is 6.42 Å². The van der Waals surface area contributed by atoms with Crippen molar-refractivity contribution in [1.82, 2.24) is 4.57 Å². The van der Waals surface area contributed by atoms with Crippen LogP contribution in [0.25, 0.3) is 0 Å². The van der Waals surface area contributed by atoms with Gasteiger partial charge in [0.1, 0.15) is 11.9 Å². The van der Waals surface area contributed by atoms with E-state index in [0.717, 1.165) is 19.4 Å². The summed E-state index contributed by atoms with van der Waals surface area (Å²) in [4.78, 5) is 0. The molecule has 0 saturated carbocycles. The fourth-order valence-electron chi connectivity index (χ4n) is 6.43. The summed E-state index contributed by atoms with van der Waals surface area (Å²) >= 11 is 0. The second-order valence-corrected chi connectivity index (χ2v) is 12.8. The predicted octanol–water partition coefficient (Wildman–Crippen LogP) is 11.2. The van der Waals surface area contributed by atoms with E-state index >= 15 is 0 Å². The van der Waals surface area contributed by atoms with E-state index in [0.29, 0.717) is 12.0 Å². The minimum Gasteiger partial charge on any atom is -0.234 e. The number of unbranched alkanes of at least 4 members (excludes halogenated alkanes) is 14. The minimum absolute atomic E-state index is 0.453. The monoisotopic (exact) mass is 557 g/mol. The molecule has 226 valence electrons. The first kappa shape index (κ1) is 33.2. The molecule has 0 radical (unpaired) electrons. The Bertz CT molecular complexity index is 1050. The molecule has 2 heteroatoms. The third-order valence-electron chi connectivity index (χ3n) is 8.83. The van der Waals surface area contributed by atoms with Gasteiger partial charge in [-0.25, -0.2) is 9.13 Å². The molecule has 3 rings (SSSR count). The quantitative estimate of drug-likeness (QED) is 0.0858. The van der Waals surface area contributed by atoms with E-state index in [9.17, 15) is 0 Å². The van der Waals surface area contributed by atoms with E-state index in [1.165, 1.54) is 119 Å². The van der Waals surface area contributed by atoms with Gasteiger partial charge in [-0.15, -0.1) is 0 Å². The van der Waals surface area contributed by atoms with Crippen LogP contribution >= 0.6 is 0 Å². The highest BCUT2D eigenvalue weighted by molar-refractivity contribution is 5.22. The average molecular weight is 558 g/mol. The molecule has 0 spiro atoms. The smallest absolute Gasteiger partial charge is 0.234 e. The van der Waals surface area contributed by atoms with Crippen molar-refractivity contribution in [2.45, 2.75) is 155 Å². The standard InChI is InChI=1S/C39H61N2/c1-5-6-7-8-9-10-11-12-13-14-15-16-17-18-25-30-40-33-38(31-35(4)37-28-23-20-24-29-37)41(34(2)3)39(40)32-36-26-21-19-22-27-36/h19-24,26-29,33-35H,5-18,25,30-32H2,1-4H3/q+1. The zero-order valence-electron chi connectivity index (χ0n) is 27.1. The molecule has 1 atom stereocenters. The zero-order chi connectivity index (χ0) is 29.1. The molecule has 0 N–H and O–H groups in total. The SMILES string of the molecule is CCCCCCCCCCCCCCCCC[n+]1cc(CC(C)c2ccccc2)n(C(C)C)c1Cc1ccccc1. The third-order valence-corrected chi connectivity index (χ3v) is 8.83. The molecule has 2 nitrogen and oxygen atoms in total. The van der Waals surface area contributed by atoms with E-state index in [2.05, 4.69) is 104 Å². The lowest BCUT2D eigenvalue weighted by Gasteiger charge is -2.13. The van der Waals surface area contributed by atoms with E-state index in [1.54, 1.807) is 0 Å². The van der Waals surface area contributed by atoms with Gasteiger partial charge in [-0.1, -0.05) is 158 Å². The van der Waals surface area contributed by atoms with Crippen LogP contribution in [0.3, 0.4) is 0 Å². The zero-order valence-corrected chi connectivity index (χ0v) is 27.1. The summed E-state index contributed by atoms with van der Waals surface area (Å²) in [6.45, 7) is 10.5. The lowest BCUT2D eigenvalue weighted by atomic mass is 9.96. The number of aromatic nitrogens is 2. The molecule has 0 aliphatic heterocycles. The van der Waals surface area contributed by atoms with E-state index in [1.807, 2.05) is 0 Å². The van der Waals surface area contributed by atoms with Crippen LogP contribution < -0.4 is 4.57 Å². The van der Waals surface area contributed by atoms with Gasteiger partial charge >= 0.3 is 0 Å². The maximum Gasteiger partial charge on any atom is 0.261 e. The molecule has 1 heterocycles.